The van der Waals surface area contributed by atoms with E-state index in [0.29, 0.717) is 5.56 Å². The second kappa shape index (κ2) is 3.40. The number of hydrogen-bond donors (Lipinski definition) is 0. The number of benzene rings is 1. The first-order valence-corrected chi connectivity index (χ1v) is 3.87. The van der Waals surface area contributed by atoms with Crippen molar-refractivity contribution < 1.29 is 4.39 Å². The lowest BCUT2D eigenvalue weighted by atomic mass is 10.0. The molecule has 0 spiro atoms. The van der Waals surface area contributed by atoms with Crippen LogP contribution in [0.4, 0.5) is 4.39 Å². The molecule has 0 aliphatic rings. The van der Waals surface area contributed by atoms with Crippen LogP contribution in [0.5, 0.6) is 0 Å². The minimum Gasteiger partial charge on any atom is -0.207 e. The number of hydrogen-bond acceptors (Lipinski definition) is 0. The van der Waals surface area contributed by atoms with Crippen LogP contribution in [0.25, 0.3) is 0 Å². The van der Waals surface area contributed by atoms with Crippen molar-refractivity contribution in [2.24, 2.45) is 0 Å². The molecule has 1 atom stereocenters. The van der Waals surface area contributed by atoms with Gasteiger partial charge in [0.1, 0.15) is 5.82 Å². The highest BCUT2D eigenvalue weighted by molar-refractivity contribution is 5.30. The Labute approximate surface area is 72.4 Å². The summed E-state index contributed by atoms with van der Waals surface area (Å²) in [6, 6.07) is 5.12. The van der Waals surface area contributed by atoms with Crippen LogP contribution in [0, 0.1) is 25.1 Å². The molecule has 0 nitrogen and oxygen atoms in total. The quantitative estimate of drug-likeness (QED) is 0.557. The van der Waals surface area contributed by atoms with Crippen LogP contribution < -0.4 is 0 Å². The minimum absolute atomic E-state index is 0.148. The maximum absolute atomic E-state index is 13.2. The molecule has 0 amide bonds. The zero-order valence-corrected chi connectivity index (χ0v) is 7.26. The molecule has 0 aromatic heterocycles. The molecule has 1 aromatic rings. The first-order chi connectivity index (χ1) is 5.65. The van der Waals surface area contributed by atoms with Crippen molar-refractivity contribution in [3.8, 4) is 12.3 Å². The molecule has 0 aliphatic heterocycles. The predicted octanol–water partition coefficient (Wildman–Crippen LogP) is 2.87. The van der Waals surface area contributed by atoms with Crippen LogP contribution in [-0.4, -0.2) is 0 Å². The van der Waals surface area contributed by atoms with Gasteiger partial charge in [-0.15, -0.1) is 6.42 Å². The van der Waals surface area contributed by atoms with Crippen LogP contribution >= 0.6 is 0 Å². The van der Waals surface area contributed by atoms with Gasteiger partial charge >= 0.3 is 0 Å². The van der Waals surface area contributed by atoms with Crippen molar-refractivity contribution in [2.45, 2.75) is 19.8 Å². The Hall–Kier alpha value is -1.29. The summed E-state index contributed by atoms with van der Waals surface area (Å²) in [6.07, 6.45) is 5.19. The summed E-state index contributed by atoms with van der Waals surface area (Å²) in [5.41, 5.74) is 1.52. The van der Waals surface area contributed by atoms with Gasteiger partial charge in [-0.1, -0.05) is 18.1 Å². The van der Waals surface area contributed by atoms with Gasteiger partial charge in [-0.3, -0.25) is 0 Å². The van der Waals surface area contributed by atoms with Crippen LogP contribution in [0.2, 0.25) is 0 Å². The SMILES string of the molecule is C#CC(C)c1ccc(C)cc1F. The zero-order chi connectivity index (χ0) is 9.14. The van der Waals surface area contributed by atoms with E-state index in [2.05, 4.69) is 5.92 Å². The van der Waals surface area contributed by atoms with E-state index in [9.17, 15) is 4.39 Å². The highest BCUT2D eigenvalue weighted by Crippen LogP contribution is 2.18. The van der Waals surface area contributed by atoms with Crippen molar-refractivity contribution in [3.63, 3.8) is 0 Å². The van der Waals surface area contributed by atoms with Crippen molar-refractivity contribution in [1.29, 1.82) is 0 Å². The molecular weight excluding hydrogens is 151 g/mol. The largest absolute Gasteiger partial charge is 0.207 e. The Morgan fingerprint density at radius 1 is 1.50 bits per heavy atom. The number of terminal acetylenes is 1. The first kappa shape index (κ1) is 8.80. The fourth-order valence-corrected chi connectivity index (χ4v) is 1.07. The Morgan fingerprint density at radius 3 is 2.67 bits per heavy atom. The van der Waals surface area contributed by atoms with Crippen molar-refractivity contribution in [1.82, 2.24) is 0 Å². The average molecular weight is 162 g/mol. The van der Waals surface area contributed by atoms with E-state index >= 15 is 0 Å². The van der Waals surface area contributed by atoms with Gasteiger partial charge in [0.05, 0.1) is 0 Å². The monoisotopic (exact) mass is 162 g/mol. The molecule has 1 heteroatoms. The molecule has 0 heterocycles. The summed E-state index contributed by atoms with van der Waals surface area (Å²) in [5.74, 6) is 2.15. The molecule has 0 aliphatic carbocycles. The topological polar surface area (TPSA) is 0 Å². The van der Waals surface area contributed by atoms with Crippen LogP contribution in [0.3, 0.4) is 0 Å². The minimum atomic E-state index is -0.208. The Bertz CT molecular complexity index is 320. The van der Waals surface area contributed by atoms with Crippen molar-refractivity contribution in [2.75, 3.05) is 0 Å². The summed E-state index contributed by atoms with van der Waals surface area (Å²) in [7, 11) is 0. The third-order valence-corrected chi connectivity index (χ3v) is 1.87. The molecule has 62 valence electrons. The van der Waals surface area contributed by atoms with Crippen LogP contribution in [0.15, 0.2) is 18.2 Å². The lowest BCUT2D eigenvalue weighted by Crippen LogP contribution is -1.94. The Balaban J connectivity index is 3.11. The molecule has 0 bridgehead atoms. The predicted molar refractivity (Wildman–Crippen MR) is 48.4 cm³/mol. The van der Waals surface area contributed by atoms with E-state index in [0.717, 1.165) is 5.56 Å². The summed E-state index contributed by atoms with van der Waals surface area (Å²) in [6.45, 7) is 3.67. The number of rotatable bonds is 1. The fraction of sp³-hybridized carbons (Fsp3) is 0.273. The molecule has 12 heavy (non-hydrogen) atoms. The molecule has 0 saturated heterocycles. The van der Waals surface area contributed by atoms with E-state index in [1.54, 1.807) is 6.07 Å². The molecule has 1 rings (SSSR count). The van der Waals surface area contributed by atoms with Gasteiger partial charge in [0, 0.05) is 11.5 Å². The molecule has 0 N–H and O–H groups in total. The standard InChI is InChI=1S/C11H11F/c1-4-9(3)10-6-5-8(2)7-11(10)12/h1,5-7,9H,2-3H3. The van der Waals surface area contributed by atoms with E-state index < -0.39 is 0 Å². The van der Waals surface area contributed by atoms with E-state index in [1.807, 2.05) is 19.9 Å². The van der Waals surface area contributed by atoms with Gasteiger partial charge in [0.15, 0.2) is 0 Å². The molecule has 0 radical (unpaired) electrons. The van der Waals surface area contributed by atoms with Crippen molar-refractivity contribution in [3.05, 3.63) is 35.1 Å². The summed E-state index contributed by atoms with van der Waals surface area (Å²) in [5, 5.41) is 0. The lowest BCUT2D eigenvalue weighted by molar-refractivity contribution is 0.606. The average Bonchev–Trinajstić information content (AvgIpc) is 2.03. The number of aryl methyl sites for hydroxylation is 1. The number of halogens is 1. The summed E-state index contributed by atoms with van der Waals surface area (Å²) < 4.78 is 13.2. The van der Waals surface area contributed by atoms with Gasteiger partial charge in [-0.05, 0) is 25.5 Å². The normalized spacial score (nSPS) is 12.2. The third-order valence-electron chi connectivity index (χ3n) is 1.87. The van der Waals surface area contributed by atoms with Gasteiger partial charge in [-0.25, -0.2) is 4.39 Å². The Morgan fingerprint density at radius 2 is 2.17 bits per heavy atom. The maximum Gasteiger partial charge on any atom is 0.127 e. The third kappa shape index (κ3) is 1.65. The van der Waals surface area contributed by atoms with Crippen LogP contribution in [-0.2, 0) is 0 Å². The summed E-state index contributed by atoms with van der Waals surface area (Å²) in [4.78, 5) is 0. The van der Waals surface area contributed by atoms with E-state index in [-0.39, 0.29) is 11.7 Å². The van der Waals surface area contributed by atoms with E-state index in [1.165, 1.54) is 6.07 Å². The second-order valence-corrected chi connectivity index (χ2v) is 2.91. The van der Waals surface area contributed by atoms with E-state index in [4.69, 9.17) is 6.42 Å². The summed E-state index contributed by atoms with van der Waals surface area (Å²) >= 11 is 0. The highest BCUT2D eigenvalue weighted by atomic mass is 19.1. The van der Waals surface area contributed by atoms with Gasteiger partial charge < -0.3 is 0 Å². The van der Waals surface area contributed by atoms with Gasteiger partial charge in [0.25, 0.3) is 0 Å². The first-order valence-electron chi connectivity index (χ1n) is 3.87. The Kier molecular flexibility index (Phi) is 2.50. The fourth-order valence-electron chi connectivity index (χ4n) is 1.07. The molecule has 1 aromatic carbocycles. The molecule has 0 saturated carbocycles. The zero-order valence-electron chi connectivity index (χ0n) is 7.26. The van der Waals surface area contributed by atoms with Crippen molar-refractivity contribution >= 4 is 0 Å². The maximum atomic E-state index is 13.2. The lowest BCUT2D eigenvalue weighted by Gasteiger charge is -2.05. The molecule has 0 fully saturated rings. The highest BCUT2D eigenvalue weighted by Gasteiger charge is 2.07. The van der Waals surface area contributed by atoms with Gasteiger partial charge in [0.2, 0.25) is 0 Å². The van der Waals surface area contributed by atoms with Crippen LogP contribution in [0.1, 0.15) is 24.0 Å². The smallest absolute Gasteiger partial charge is 0.127 e. The van der Waals surface area contributed by atoms with Gasteiger partial charge in [-0.2, -0.15) is 0 Å². The molecule has 1 unspecified atom stereocenters. The second-order valence-electron chi connectivity index (χ2n) is 2.91. The molecular formula is C11H11F.